The van der Waals surface area contributed by atoms with E-state index in [0.29, 0.717) is 18.9 Å². The highest BCUT2D eigenvalue weighted by atomic mass is 16.5. The van der Waals surface area contributed by atoms with Crippen LogP contribution in [0.3, 0.4) is 0 Å². The fourth-order valence-electron chi connectivity index (χ4n) is 0.916. The molecule has 1 aromatic heterocycles. The van der Waals surface area contributed by atoms with E-state index in [-0.39, 0.29) is 5.92 Å². The average Bonchev–Trinajstić information content (AvgIpc) is 2.19. The van der Waals surface area contributed by atoms with Crippen molar-refractivity contribution < 1.29 is 4.74 Å². The molecule has 4 nitrogen and oxygen atoms in total. The SMILES string of the molecule is CC(C)c1nccc(OCCC#N)n1. The number of hydrogen-bond donors (Lipinski definition) is 0. The van der Waals surface area contributed by atoms with Gasteiger partial charge in [-0.1, -0.05) is 13.8 Å². The summed E-state index contributed by atoms with van der Waals surface area (Å²) in [6.45, 7) is 4.42. The summed E-state index contributed by atoms with van der Waals surface area (Å²) in [5, 5.41) is 8.32. The van der Waals surface area contributed by atoms with Gasteiger partial charge < -0.3 is 4.74 Å². The van der Waals surface area contributed by atoms with Crippen molar-refractivity contribution in [3.8, 4) is 11.9 Å². The highest BCUT2D eigenvalue weighted by Crippen LogP contribution is 2.12. The van der Waals surface area contributed by atoms with Crippen molar-refractivity contribution in [3.05, 3.63) is 18.1 Å². The Morgan fingerprint density at radius 3 is 3.00 bits per heavy atom. The molecule has 0 fully saturated rings. The van der Waals surface area contributed by atoms with Gasteiger partial charge in [-0.25, -0.2) is 4.98 Å². The molecule has 0 unspecified atom stereocenters. The van der Waals surface area contributed by atoms with Crippen molar-refractivity contribution in [1.29, 1.82) is 5.26 Å². The number of nitriles is 1. The zero-order chi connectivity index (χ0) is 10.4. The fourth-order valence-corrected chi connectivity index (χ4v) is 0.916. The second-order valence-electron chi connectivity index (χ2n) is 3.16. The molecule has 74 valence electrons. The number of hydrogen-bond acceptors (Lipinski definition) is 4. The topological polar surface area (TPSA) is 58.8 Å². The molecule has 0 aliphatic rings. The summed E-state index contributed by atoms with van der Waals surface area (Å²) in [6, 6.07) is 3.70. The Morgan fingerprint density at radius 1 is 1.57 bits per heavy atom. The van der Waals surface area contributed by atoms with E-state index < -0.39 is 0 Å². The first-order valence-electron chi connectivity index (χ1n) is 4.56. The zero-order valence-corrected chi connectivity index (χ0v) is 8.40. The van der Waals surface area contributed by atoms with E-state index in [1.54, 1.807) is 12.3 Å². The van der Waals surface area contributed by atoms with Crippen LogP contribution in [-0.4, -0.2) is 16.6 Å². The second kappa shape index (κ2) is 5.18. The summed E-state index contributed by atoms with van der Waals surface area (Å²) in [6.07, 6.45) is 2.05. The van der Waals surface area contributed by atoms with Crippen LogP contribution in [0.1, 0.15) is 32.0 Å². The van der Waals surface area contributed by atoms with Gasteiger partial charge in [-0.2, -0.15) is 10.2 Å². The molecular formula is C10H13N3O. The van der Waals surface area contributed by atoms with Crippen LogP contribution in [0.15, 0.2) is 12.3 Å². The van der Waals surface area contributed by atoms with Crippen molar-refractivity contribution in [2.24, 2.45) is 0 Å². The summed E-state index contributed by atoms with van der Waals surface area (Å²) in [7, 11) is 0. The lowest BCUT2D eigenvalue weighted by atomic mass is 10.2. The third-order valence-electron chi connectivity index (χ3n) is 1.63. The molecule has 0 saturated carbocycles. The van der Waals surface area contributed by atoms with Crippen LogP contribution >= 0.6 is 0 Å². The third kappa shape index (κ3) is 3.02. The van der Waals surface area contributed by atoms with E-state index >= 15 is 0 Å². The lowest BCUT2D eigenvalue weighted by Crippen LogP contribution is -2.02. The minimum atomic E-state index is 0.287. The lowest BCUT2D eigenvalue weighted by molar-refractivity contribution is 0.311. The number of nitrogens with zero attached hydrogens (tertiary/aromatic N) is 3. The van der Waals surface area contributed by atoms with Crippen LogP contribution < -0.4 is 4.74 Å². The summed E-state index contributed by atoms with van der Waals surface area (Å²) < 4.78 is 5.26. The first-order chi connectivity index (χ1) is 6.74. The number of rotatable bonds is 4. The largest absolute Gasteiger partial charge is 0.476 e. The molecule has 0 saturated heterocycles. The van der Waals surface area contributed by atoms with Crippen molar-refractivity contribution >= 4 is 0 Å². The van der Waals surface area contributed by atoms with E-state index in [2.05, 4.69) is 9.97 Å². The van der Waals surface area contributed by atoms with Gasteiger partial charge in [-0.15, -0.1) is 0 Å². The molecule has 14 heavy (non-hydrogen) atoms. The molecule has 0 N–H and O–H groups in total. The minimum absolute atomic E-state index is 0.287. The lowest BCUT2D eigenvalue weighted by Gasteiger charge is -2.06. The molecule has 0 atom stereocenters. The standard InChI is InChI=1S/C10H13N3O/c1-8(2)10-12-6-4-9(13-10)14-7-3-5-11/h4,6,8H,3,7H2,1-2H3. The minimum Gasteiger partial charge on any atom is -0.476 e. The molecule has 1 rings (SSSR count). The molecule has 0 spiro atoms. The highest BCUT2D eigenvalue weighted by Gasteiger charge is 2.03. The monoisotopic (exact) mass is 191 g/mol. The van der Waals surface area contributed by atoms with E-state index in [1.807, 2.05) is 19.9 Å². The maximum atomic E-state index is 8.32. The van der Waals surface area contributed by atoms with Gasteiger partial charge >= 0.3 is 0 Å². The van der Waals surface area contributed by atoms with Crippen LogP contribution in [0.5, 0.6) is 5.88 Å². The number of aromatic nitrogens is 2. The fraction of sp³-hybridized carbons (Fsp3) is 0.500. The molecule has 0 radical (unpaired) electrons. The van der Waals surface area contributed by atoms with Crippen molar-refractivity contribution in [1.82, 2.24) is 9.97 Å². The smallest absolute Gasteiger partial charge is 0.216 e. The maximum absolute atomic E-state index is 8.32. The second-order valence-corrected chi connectivity index (χ2v) is 3.16. The van der Waals surface area contributed by atoms with Gasteiger partial charge in [-0.3, -0.25) is 0 Å². The predicted octanol–water partition coefficient (Wildman–Crippen LogP) is 1.89. The van der Waals surface area contributed by atoms with E-state index in [9.17, 15) is 0 Å². The molecular weight excluding hydrogens is 178 g/mol. The van der Waals surface area contributed by atoms with Gasteiger partial charge in [0, 0.05) is 18.2 Å². The highest BCUT2D eigenvalue weighted by molar-refractivity contribution is 5.10. The summed E-state index contributed by atoms with van der Waals surface area (Å²) in [5.74, 6) is 1.59. The van der Waals surface area contributed by atoms with Gasteiger partial charge in [0.1, 0.15) is 12.4 Å². The molecule has 0 amide bonds. The summed E-state index contributed by atoms with van der Waals surface area (Å²) in [5.41, 5.74) is 0. The van der Waals surface area contributed by atoms with E-state index in [1.165, 1.54) is 0 Å². The Kier molecular flexibility index (Phi) is 3.86. The molecule has 1 heterocycles. The number of ether oxygens (including phenoxy) is 1. The average molecular weight is 191 g/mol. The quantitative estimate of drug-likeness (QED) is 0.682. The molecule has 0 aromatic carbocycles. The van der Waals surface area contributed by atoms with Gasteiger partial charge in [0.05, 0.1) is 12.5 Å². The molecule has 4 heteroatoms. The predicted molar refractivity (Wildman–Crippen MR) is 51.8 cm³/mol. The van der Waals surface area contributed by atoms with Crippen molar-refractivity contribution in [3.63, 3.8) is 0 Å². The van der Waals surface area contributed by atoms with E-state index in [0.717, 1.165) is 5.82 Å². The normalized spacial score (nSPS) is 9.86. The van der Waals surface area contributed by atoms with Crippen LogP contribution in [0.2, 0.25) is 0 Å². The van der Waals surface area contributed by atoms with Crippen LogP contribution in [0.25, 0.3) is 0 Å². The Labute approximate surface area is 83.6 Å². The molecule has 0 bridgehead atoms. The summed E-state index contributed by atoms with van der Waals surface area (Å²) >= 11 is 0. The van der Waals surface area contributed by atoms with Gasteiger partial charge in [0.15, 0.2) is 0 Å². The Bertz CT molecular complexity index is 330. The Hall–Kier alpha value is -1.63. The third-order valence-corrected chi connectivity index (χ3v) is 1.63. The summed E-state index contributed by atoms with van der Waals surface area (Å²) in [4.78, 5) is 8.31. The van der Waals surface area contributed by atoms with Crippen LogP contribution in [-0.2, 0) is 0 Å². The van der Waals surface area contributed by atoms with Crippen molar-refractivity contribution in [2.75, 3.05) is 6.61 Å². The van der Waals surface area contributed by atoms with Gasteiger partial charge in [-0.05, 0) is 0 Å². The Morgan fingerprint density at radius 2 is 2.36 bits per heavy atom. The molecule has 1 aromatic rings. The molecule has 0 aliphatic heterocycles. The maximum Gasteiger partial charge on any atom is 0.216 e. The zero-order valence-electron chi connectivity index (χ0n) is 8.40. The first kappa shape index (κ1) is 10.5. The van der Waals surface area contributed by atoms with Gasteiger partial charge in [0.2, 0.25) is 5.88 Å². The van der Waals surface area contributed by atoms with Gasteiger partial charge in [0.25, 0.3) is 0 Å². The van der Waals surface area contributed by atoms with Crippen molar-refractivity contribution in [2.45, 2.75) is 26.2 Å². The van der Waals surface area contributed by atoms with Crippen LogP contribution in [0, 0.1) is 11.3 Å². The first-order valence-corrected chi connectivity index (χ1v) is 4.56. The Balaban J connectivity index is 2.60. The van der Waals surface area contributed by atoms with Crippen LogP contribution in [0.4, 0.5) is 0 Å². The van der Waals surface area contributed by atoms with E-state index in [4.69, 9.17) is 10.00 Å². The molecule has 0 aliphatic carbocycles.